The molecule has 0 aliphatic rings. The first kappa shape index (κ1) is 22.2. The third-order valence-electron chi connectivity index (χ3n) is 4.85. The summed E-state index contributed by atoms with van der Waals surface area (Å²) in [4.78, 5) is 8.76. The number of aliphatic hydroxyl groups excluding tert-OH is 1. The number of benzene rings is 2. The summed E-state index contributed by atoms with van der Waals surface area (Å²) in [6, 6.07) is 8.20. The van der Waals surface area contributed by atoms with Crippen LogP contribution >= 0.6 is 7.14 Å². The molecule has 2 N–H and O–H groups in total. The molecule has 0 amide bonds. The Hall–Kier alpha value is -2.44. The molecule has 0 bridgehead atoms. The van der Waals surface area contributed by atoms with Crippen LogP contribution in [-0.2, 0) is 10.5 Å². The van der Waals surface area contributed by atoms with Gasteiger partial charge < -0.3 is 15.0 Å². The average Bonchev–Trinajstić information content (AvgIpc) is 2.66. The van der Waals surface area contributed by atoms with Gasteiger partial charge in [0.15, 0.2) is 0 Å². The molecule has 30 heavy (non-hydrogen) atoms. The van der Waals surface area contributed by atoms with Crippen LogP contribution in [0.15, 0.2) is 36.4 Å². The number of hydrogen-bond acceptors (Lipinski definition) is 5. The van der Waals surface area contributed by atoms with Gasteiger partial charge in [0, 0.05) is 16.3 Å². The number of aliphatic hydroxyl groups is 1. The molecule has 0 aliphatic carbocycles. The lowest BCUT2D eigenvalue weighted by Gasteiger charge is -2.21. The molecule has 0 aliphatic heterocycles. The first-order chi connectivity index (χ1) is 13.9. The van der Waals surface area contributed by atoms with Crippen molar-refractivity contribution in [3.63, 3.8) is 0 Å². The van der Waals surface area contributed by atoms with Crippen LogP contribution in [0, 0.1) is 12.7 Å². The molecule has 1 aromatic heterocycles. The van der Waals surface area contributed by atoms with Crippen LogP contribution in [0.5, 0.6) is 0 Å². The van der Waals surface area contributed by atoms with Gasteiger partial charge in [-0.3, -0.25) is 0 Å². The second-order valence-electron chi connectivity index (χ2n) is 7.61. The Morgan fingerprint density at radius 2 is 1.90 bits per heavy atom. The number of fused-ring (bicyclic) bond motifs is 1. The number of nitrogens with one attached hydrogen (secondary N) is 1. The summed E-state index contributed by atoms with van der Waals surface area (Å²) in [5.41, 5.74) is -0.228. The molecule has 3 rings (SSSR count). The zero-order chi connectivity index (χ0) is 22.3. The highest BCUT2D eigenvalue weighted by molar-refractivity contribution is 7.70. The lowest BCUT2D eigenvalue weighted by Crippen LogP contribution is -2.22. The van der Waals surface area contributed by atoms with Gasteiger partial charge in [0.2, 0.25) is 0 Å². The van der Waals surface area contributed by atoms with E-state index in [1.54, 1.807) is 45.4 Å². The van der Waals surface area contributed by atoms with Gasteiger partial charge in [0.1, 0.15) is 31.2 Å². The van der Waals surface area contributed by atoms with Crippen molar-refractivity contribution in [2.75, 3.05) is 25.3 Å². The second-order valence-corrected chi connectivity index (χ2v) is 10.8. The summed E-state index contributed by atoms with van der Waals surface area (Å²) in [6.45, 7) is 5.15. The smallest absolute Gasteiger partial charge is 0.298 e. The lowest BCUT2D eigenvalue weighted by molar-refractivity contribution is -0.0583. The predicted molar refractivity (Wildman–Crippen MR) is 113 cm³/mol. The largest absolute Gasteiger partial charge is 0.390 e. The van der Waals surface area contributed by atoms with E-state index in [0.29, 0.717) is 27.8 Å². The summed E-state index contributed by atoms with van der Waals surface area (Å²) in [5, 5.41) is 13.2. The predicted octanol–water partition coefficient (Wildman–Crippen LogP) is 4.58. The van der Waals surface area contributed by atoms with Crippen molar-refractivity contribution in [1.29, 1.82) is 0 Å². The summed E-state index contributed by atoms with van der Waals surface area (Å²) in [5.74, 6) is -3.91. The Balaban J connectivity index is 2.06. The van der Waals surface area contributed by atoms with Gasteiger partial charge in [-0.05, 0) is 51.4 Å². The summed E-state index contributed by atoms with van der Waals surface area (Å²) in [7, 11) is -2.53. The Kier molecular flexibility index (Phi) is 5.94. The quantitative estimate of drug-likeness (QED) is 0.552. The second kappa shape index (κ2) is 8.00. The number of aromatic nitrogens is 2. The lowest BCUT2D eigenvalue weighted by atomic mass is 10.00. The third-order valence-corrected chi connectivity index (χ3v) is 6.38. The molecular weight excluding hydrogens is 414 g/mol. The van der Waals surface area contributed by atoms with Gasteiger partial charge in [-0.2, -0.15) is 8.78 Å². The van der Waals surface area contributed by atoms with Crippen LogP contribution in [0.25, 0.3) is 10.9 Å². The molecule has 160 valence electrons. The fourth-order valence-electron chi connectivity index (χ4n) is 3.21. The number of rotatable bonds is 6. The molecule has 0 spiro atoms. The highest BCUT2D eigenvalue weighted by Gasteiger charge is 2.35. The molecule has 0 unspecified atom stereocenters. The van der Waals surface area contributed by atoms with Crippen molar-refractivity contribution in [1.82, 2.24) is 9.97 Å². The fraction of sp³-hybridized carbons (Fsp3) is 0.333. The first-order valence-electron chi connectivity index (χ1n) is 9.32. The SMILES string of the molecule is Cc1nc(N[C@H](C)c2cccc(C(F)(F)CO)c2F)c2cc(P(C)(C)=O)ccc2n1. The van der Waals surface area contributed by atoms with Gasteiger partial charge >= 0.3 is 0 Å². The van der Waals surface area contributed by atoms with E-state index >= 15 is 0 Å². The van der Waals surface area contributed by atoms with Crippen LogP contribution < -0.4 is 10.6 Å². The zero-order valence-electron chi connectivity index (χ0n) is 17.1. The number of nitrogens with zero attached hydrogens (tertiary/aromatic N) is 2. The fourth-order valence-corrected chi connectivity index (χ4v) is 4.09. The monoisotopic (exact) mass is 437 g/mol. The van der Waals surface area contributed by atoms with E-state index in [0.717, 1.165) is 6.07 Å². The summed E-state index contributed by atoms with van der Waals surface area (Å²) in [6.07, 6.45) is 0. The molecule has 1 heterocycles. The molecule has 0 radical (unpaired) electrons. The molecule has 3 aromatic rings. The van der Waals surface area contributed by atoms with Crippen LogP contribution in [0.4, 0.5) is 19.0 Å². The van der Waals surface area contributed by atoms with Crippen molar-refractivity contribution in [2.45, 2.75) is 25.8 Å². The average molecular weight is 437 g/mol. The maximum absolute atomic E-state index is 14.8. The minimum atomic E-state index is -3.68. The van der Waals surface area contributed by atoms with Crippen LogP contribution in [0.1, 0.15) is 29.9 Å². The first-order valence-corrected chi connectivity index (χ1v) is 11.9. The molecule has 0 saturated heterocycles. The van der Waals surface area contributed by atoms with Crippen LogP contribution in [-0.4, -0.2) is 35.0 Å². The minimum absolute atomic E-state index is 0.0119. The van der Waals surface area contributed by atoms with Crippen LogP contribution in [0.3, 0.4) is 0 Å². The minimum Gasteiger partial charge on any atom is -0.390 e. The Labute approximate surface area is 172 Å². The van der Waals surface area contributed by atoms with Crippen molar-refractivity contribution in [3.8, 4) is 0 Å². The third kappa shape index (κ3) is 4.35. The normalized spacial score (nSPS) is 13.5. The number of aryl methyl sites for hydroxylation is 1. The van der Waals surface area contributed by atoms with E-state index in [4.69, 9.17) is 5.11 Å². The highest BCUT2D eigenvalue weighted by atomic mass is 31.2. The van der Waals surface area contributed by atoms with E-state index in [1.807, 2.05) is 0 Å². The molecule has 9 heteroatoms. The maximum atomic E-state index is 14.8. The van der Waals surface area contributed by atoms with Gasteiger partial charge in [0.25, 0.3) is 5.92 Å². The Morgan fingerprint density at radius 1 is 1.20 bits per heavy atom. The van der Waals surface area contributed by atoms with E-state index in [9.17, 15) is 17.7 Å². The van der Waals surface area contributed by atoms with E-state index in [1.165, 1.54) is 12.1 Å². The highest BCUT2D eigenvalue weighted by Crippen LogP contribution is 2.37. The summed E-state index contributed by atoms with van der Waals surface area (Å²) < 4.78 is 55.1. The van der Waals surface area contributed by atoms with E-state index < -0.39 is 37.1 Å². The number of anilines is 1. The Bertz CT molecular complexity index is 1150. The summed E-state index contributed by atoms with van der Waals surface area (Å²) >= 11 is 0. The topological polar surface area (TPSA) is 75.1 Å². The number of halogens is 3. The zero-order valence-corrected chi connectivity index (χ0v) is 18.0. The van der Waals surface area contributed by atoms with Gasteiger partial charge in [0.05, 0.1) is 17.1 Å². The number of alkyl halides is 2. The molecule has 0 saturated carbocycles. The van der Waals surface area contributed by atoms with Crippen molar-refractivity contribution in [2.24, 2.45) is 0 Å². The standard InChI is InChI=1S/C21H23F3N3O2P/c1-12(15-6-5-7-17(19(15)22)21(23,24)11-28)25-20-16-10-14(30(3,4)29)8-9-18(16)26-13(2)27-20/h5-10,12,28H,11H2,1-4H3,(H,25,26,27)/t12-/m1/s1. The maximum Gasteiger partial charge on any atom is 0.298 e. The molecule has 2 aromatic carbocycles. The van der Waals surface area contributed by atoms with Gasteiger partial charge in [-0.1, -0.05) is 12.1 Å². The molecular formula is C21H23F3N3O2P. The molecule has 0 fully saturated rings. The van der Waals surface area contributed by atoms with Gasteiger partial charge in [-0.15, -0.1) is 0 Å². The molecule has 1 atom stereocenters. The van der Waals surface area contributed by atoms with Crippen LogP contribution in [0.2, 0.25) is 0 Å². The van der Waals surface area contributed by atoms with Gasteiger partial charge in [-0.25, -0.2) is 14.4 Å². The van der Waals surface area contributed by atoms with Crippen molar-refractivity contribution >= 4 is 29.2 Å². The Morgan fingerprint density at radius 3 is 2.53 bits per heavy atom. The van der Waals surface area contributed by atoms with E-state index in [2.05, 4.69) is 15.3 Å². The molecule has 5 nitrogen and oxygen atoms in total. The van der Waals surface area contributed by atoms with E-state index in [-0.39, 0.29) is 5.56 Å². The van der Waals surface area contributed by atoms with Crippen molar-refractivity contribution < 1.29 is 22.8 Å². The number of hydrogen-bond donors (Lipinski definition) is 2. The van der Waals surface area contributed by atoms with Crippen molar-refractivity contribution in [3.05, 3.63) is 59.2 Å².